The Kier molecular flexibility index (Phi) is 2.79. The van der Waals surface area contributed by atoms with Gasteiger partial charge in [0.25, 0.3) is 5.89 Å². The predicted molar refractivity (Wildman–Crippen MR) is 62.2 cm³/mol. The third kappa shape index (κ3) is 2.22. The van der Waals surface area contributed by atoms with Crippen LogP contribution in [-0.4, -0.2) is 19.9 Å². The van der Waals surface area contributed by atoms with E-state index in [-0.39, 0.29) is 11.6 Å². The minimum atomic E-state index is -2.69. The van der Waals surface area contributed by atoms with E-state index in [0.717, 1.165) is 11.8 Å². The SMILES string of the molecule is FC(F)n1ccc(-c2nc(-c3ccccc3)no2)n1. The zero-order valence-electron chi connectivity index (χ0n) is 9.57. The second-order valence-corrected chi connectivity index (χ2v) is 3.75. The molecule has 0 saturated carbocycles. The Morgan fingerprint density at radius 3 is 2.58 bits per heavy atom. The molecule has 2 heterocycles. The molecule has 0 unspecified atom stereocenters. The van der Waals surface area contributed by atoms with E-state index in [2.05, 4.69) is 15.2 Å². The molecule has 7 heteroatoms. The van der Waals surface area contributed by atoms with Crippen LogP contribution in [0.3, 0.4) is 0 Å². The second kappa shape index (κ2) is 4.60. The first kappa shape index (κ1) is 11.5. The number of nitrogens with zero attached hydrogens (tertiary/aromatic N) is 4. The van der Waals surface area contributed by atoms with Crippen molar-refractivity contribution in [2.45, 2.75) is 6.55 Å². The smallest absolute Gasteiger partial charge is 0.332 e. The van der Waals surface area contributed by atoms with E-state index in [1.165, 1.54) is 6.07 Å². The van der Waals surface area contributed by atoms with E-state index in [4.69, 9.17) is 4.52 Å². The lowest BCUT2D eigenvalue weighted by atomic mass is 10.2. The molecule has 0 aliphatic rings. The first-order valence-electron chi connectivity index (χ1n) is 5.47. The van der Waals surface area contributed by atoms with Gasteiger partial charge in [-0.15, -0.1) is 0 Å². The largest absolute Gasteiger partial charge is 0.333 e. The average Bonchev–Trinajstić information content (AvgIpc) is 3.09. The summed E-state index contributed by atoms with van der Waals surface area (Å²) in [7, 11) is 0. The maximum Gasteiger partial charge on any atom is 0.333 e. The van der Waals surface area contributed by atoms with Crippen molar-refractivity contribution in [1.29, 1.82) is 0 Å². The monoisotopic (exact) mass is 262 g/mol. The fourth-order valence-electron chi connectivity index (χ4n) is 1.59. The molecule has 0 spiro atoms. The lowest BCUT2D eigenvalue weighted by molar-refractivity contribution is 0.0568. The number of rotatable bonds is 3. The molecular formula is C12H8F2N4O. The van der Waals surface area contributed by atoms with E-state index in [9.17, 15) is 8.78 Å². The van der Waals surface area contributed by atoms with Crippen LogP contribution >= 0.6 is 0 Å². The van der Waals surface area contributed by atoms with E-state index in [1.807, 2.05) is 30.3 Å². The zero-order valence-corrected chi connectivity index (χ0v) is 9.57. The highest BCUT2D eigenvalue weighted by atomic mass is 19.3. The summed E-state index contributed by atoms with van der Waals surface area (Å²) in [5.74, 6) is 0.500. The summed E-state index contributed by atoms with van der Waals surface area (Å²) in [6.45, 7) is -2.69. The van der Waals surface area contributed by atoms with Gasteiger partial charge in [-0.2, -0.15) is 18.9 Å². The molecule has 3 aromatic rings. The van der Waals surface area contributed by atoms with Crippen LogP contribution < -0.4 is 0 Å². The third-order valence-electron chi connectivity index (χ3n) is 2.49. The van der Waals surface area contributed by atoms with Crippen molar-refractivity contribution < 1.29 is 13.3 Å². The van der Waals surface area contributed by atoms with Crippen molar-refractivity contribution in [3.63, 3.8) is 0 Å². The molecular weight excluding hydrogens is 254 g/mol. The van der Waals surface area contributed by atoms with Crippen molar-refractivity contribution in [1.82, 2.24) is 19.9 Å². The quantitative estimate of drug-likeness (QED) is 0.728. The number of halogens is 2. The molecule has 0 fully saturated rings. The summed E-state index contributed by atoms with van der Waals surface area (Å²) in [5, 5.41) is 7.45. The molecule has 19 heavy (non-hydrogen) atoms. The molecule has 0 bridgehead atoms. The van der Waals surface area contributed by atoms with Gasteiger partial charge in [0.1, 0.15) is 0 Å². The number of aromatic nitrogens is 4. The maximum atomic E-state index is 12.4. The van der Waals surface area contributed by atoms with Gasteiger partial charge in [-0.3, -0.25) is 0 Å². The van der Waals surface area contributed by atoms with Crippen LogP contribution in [0, 0.1) is 0 Å². The first-order chi connectivity index (χ1) is 9.24. The van der Waals surface area contributed by atoms with Crippen LogP contribution in [0.4, 0.5) is 8.78 Å². The zero-order chi connectivity index (χ0) is 13.2. The first-order valence-corrected chi connectivity index (χ1v) is 5.47. The van der Waals surface area contributed by atoms with Crippen LogP contribution in [0.1, 0.15) is 6.55 Å². The molecule has 0 N–H and O–H groups in total. The Bertz CT molecular complexity index is 678. The molecule has 5 nitrogen and oxygen atoms in total. The summed E-state index contributed by atoms with van der Waals surface area (Å²) < 4.78 is 30.3. The number of benzene rings is 1. The number of hydrogen-bond donors (Lipinski definition) is 0. The van der Waals surface area contributed by atoms with Crippen LogP contribution in [0.25, 0.3) is 23.0 Å². The van der Waals surface area contributed by atoms with Crippen molar-refractivity contribution >= 4 is 0 Å². The van der Waals surface area contributed by atoms with Gasteiger partial charge in [-0.1, -0.05) is 35.5 Å². The Morgan fingerprint density at radius 2 is 1.89 bits per heavy atom. The summed E-state index contributed by atoms with van der Waals surface area (Å²) in [6, 6.07) is 10.6. The Balaban J connectivity index is 1.92. The van der Waals surface area contributed by atoms with Gasteiger partial charge < -0.3 is 4.52 Å². The van der Waals surface area contributed by atoms with Gasteiger partial charge in [0.2, 0.25) is 5.82 Å². The fourth-order valence-corrected chi connectivity index (χ4v) is 1.59. The number of alkyl halides is 2. The normalized spacial score (nSPS) is 11.1. The summed E-state index contributed by atoms with van der Waals surface area (Å²) >= 11 is 0. The van der Waals surface area contributed by atoms with Crippen LogP contribution in [0.5, 0.6) is 0 Å². The lowest BCUT2D eigenvalue weighted by Gasteiger charge is -1.95. The Morgan fingerprint density at radius 1 is 1.11 bits per heavy atom. The molecule has 1 aromatic carbocycles. The molecule has 96 valence electrons. The standard InChI is InChI=1S/C12H8F2N4O/c13-12(14)18-7-6-9(16-18)11-15-10(17-19-11)8-4-2-1-3-5-8/h1-7,12H. The van der Waals surface area contributed by atoms with Crippen molar-refractivity contribution in [2.24, 2.45) is 0 Å². The van der Waals surface area contributed by atoms with Gasteiger partial charge >= 0.3 is 6.55 Å². The van der Waals surface area contributed by atoms with Crippen molar-refractivity contribution in [3.8, 4) is 23.0 Å². The minimum absolute atomic E-state index is 0.109. The molecule has 0 saturated heterocycles. The Labute approximate surface area is 106 Å². The summed E-state index contributed by atoms with van der Waals surface area (Å²) in [4.78, 5) is 4.12. The number of hydrogen-bond acceptors (Lipinski definition) is 4. The van der Waals surface area contributed by atoms with Gasteiger partial charge in [0.15, 0.2) is 5.69 Å². The van der Waals surface area contributed by atoms with E-state index in [1.54, 1.807) is 0 Å². The van der Waals surface area contributed by atoms with Crippen molar-refractivity contribution in [3.05, 3.63) is 42.6 Å². The van der Waals surface area contributed by atoms with Crippen LogP contribution in [0.2, 0.25) is 0 Å². The molecule has 0 amide bonds. The molecule has 2 aromatic heterocycles. The van der Waals surface area contributed by atoms with E-state index >= 15 is 0 Å². The van der Waals surface area contributed by atoms with Gasteiger partial charge in [0, 0.05) is 11.8 Å². The molecule has 0 atom stereocenters. The Hall–Kier alpha value is -2.57. The highest BCUT2D eigenvalue weighted by Gasteiger charge is 2.15. The molecule has 0 aliphatic carbocycles. The van der Waals surface area contributed by atoms with Crippen molar-refractivity contribution in [2.75, 3.05) is 0 Å². The second-order valence-electron chi connectivity index (χ2n) is 3.75. The summed E-state index contributed by atoms with van der Waals surface area (Å²) in [6.07, 6.45) is 1.16. The van der Waals surface area contributed by atoms with E-state index in [0.29, 0.717) is 10.5 Å². The van der Waals surface area contributed by atoms with Gasteiger partial charge in [0.05, 0.1) is 0 Å². The highest BCUT2D eigenvalue weighted by Crippen LogP contribution is 2.21. The fraction of sp³-hybridized carbons (Fsp3) is 0.0833. The average molecular weight is 262 g/mol. The summed E-state index contributed by atoms with van der Waals surface area (Å²) in [5.41, 5.74) is 1.00. The topological polar surface area (TPSA) is 56.7 Å². The van der Waals surface area contributed by atoms with Gasteiger partial charge in [-0.25, -0.2) is 4.68 Å². The van der Waals surface area contributed by atoms with Gasteiger partial charge in [-0.05, 0) is 6.07 Å². The van der Waals surface area contributed by atoms with Crippen LogP contribution in [-0.2, 0) is 0 Å². The predicted octanol–water partition coefficient (Wildman–Crippen LogP) is 3.00. The maximum absolute atomic E-state index is 12.4. The van der Waals surface area contributed by atoms with E-state index < -0.39 is 6.55 Å². The van der Waals surface area contributed by atoms with Crippen LogP contribution in [0.15, 0.2) is 47.1 Å². The molecule has 0 aliphatic heterocycles. The minimum Gasteiger partial charge on any atom is -0.332 e. The third-order valence-corrected chi connectivity index (χ3v) is 2.49. The molecule has 3 rings (SSSR count). The lowest BCUT2D eigenvalue weighted by Crippen LogP contribution is -1.98. The molecule has 0 radical (unpaired) electrons. The highest BCUT2D eigenvalue weighted by molar-refractivity contribution is 5.57.